The third-order valence-corrected chi connectivity index (χ3v) is 3.18. The highest BCUT2D eigenvalue weighted by molar-refractivity contribution is 5.20. The lowest BCUT2D eigenvalue weighted by atomic mass is 9.88. The molecule has 114 valence electrons. The molecule has 0 saturated heterocycles. The molecule has 0 saturated carbocycles. The molecule has 4 heteroatoms. The third-order valence-electron chi connectivity index (χ3n) is 3.18. The van der Waals surface area contributed by atoms with Crippen LogP contribution in [0.15, 0.2) is 30.3 Å². The first kappa shape index (κ1) is 17.0. The molecule has 0 radical (unpaired) electrons. The van der Waals surface area contributed by atoms with Crippen LogP contribution < -0.4 is 10.1 Å². The highest BCUT2D eigenvalue weighted by atomic mass is 16.5. The number of hydrogen-bond acceptors (Lipinski definition) is 4. The summed E-state index contributed by atoms with van der Waals surface area (Å²) >= 11 is 0. The zero-order valence-electron chi connectivity index (χ0n) is 12.5. The summed E-state index contributed by atoms with van der Waals surface area (Å²) < 4.78 is 5.49. The van der Waals surface area contributed by atoms with E-state index in [0.29, 0.717) is 6.54 Å². The molecule has 1 unspecified atom stereocenters. The van der Waals surface area contributed by atoms with E-state index in [-0.39, 0.29) is 18.6 Å². The summed E-state index contributed by atoms with van der Waals surface area (Å²) in [5, 5.41) is 22.0. The van der Waals surface area contributed by atoms with Gasteiger partial charge in [-0.25, -0.2) is 0 Å². The van der Waals surface area contributed by atoms with Crippen molar-refractivity contribution in [3.05, 3.63) is 30.3 Å². The van der Waals surface area contributed by atoms with E-state index in [0.717, 1.165) is 25.1 Å². The maximum atomic E-state index is 9.86. The van der Waals surface area contributed by atoms with E-state index in [4.69, 9.17) is 9.84 Å². The van der Waals surface area contributed by atoms with Crippen LogP contribution in [0.4, 0.5) is 0 Å². The molecule has 1 rings (SSSR count). The van der Waals surface area contributed by atoms with Crippen LogP contribution in [0.25, 0.3) is 0 Å². The first-order chi connectivity index (χ1) is 9.53. The molecule has 0 fully saturated rings. The Hall–Kier alpha value is -1.10. The van der Waals surface area contributed by atoms with Crippen LogP contribution in [0.5, 0.6) is 5.75 Å². The van der Waals surface area contributed by atoms with Crippen molar-refractivity contribution in [3.8, 4) is 5.75 Å². The first-order valence-corrected chi connectivity index (χ1v) is 7.21. The monoisotopic (exact) mass is 281 g/mol. The second-order valence-corrected chi connectivity index (χ2v) is 5.90. The van der Waals surface area contributed by atoms with Crippen molar-refractivity contribution in [3.63, 3.8) is 0 Å². The number of rotatable bonds is 10. The molecule has 0 amide bonds. The second-order valence-electron chi connectivity index (χ2n) is 5.90. The number of aliphatic hydroxyl groups is 2. The van der Waals surface area contributed by atoms with Crippen LogP contribution in [0, 0.1) is 5.41 Å². The zero-order valence-corrected chi connectivity index (χ0v) is 12.5. The Balaban J connectivity index is 2.15. The smallest absolute Gasteiger partial charge is 0.119 e. The van der Waals surface area contributed by atoms with Gasteiger partial charge < -0.3 is 20.3 Å². The summed E-state index contributed by atoms with van der Waals surface area (Å²) in [6.07, 6.45) is 1.26. The molecule has 0 aliphatic carbocycles. The number of hydrogen-bond donors (Lipinski definition) is 3. The van der Waals surface area contributed by atoms with Crippen molar-refractivity contribution in [1.29, 1.82) is 0 Å². The summed E-state index contributed by atoms with van der Waals surface area (Å²) in [6, 6.07) is 9.49. The largest absolute Gasteiger partial charge is 0.491 e. The van der Waals surface area contributed by atoms with Crippen molar-refractivity contribution < 1.29 is 14.9 Å². The van der Waals surface area contributed by atoms with Crippen molar-refractivity contribution in [2.24, 2.45) is 5.41 Å². The highest BCUT2D eigenvalue weighted by Gasteiger charge is 2.17. The van der Waals surface area contributed by atoms with Crippen LogP contribution in [-0.2, 0) is 0 Å². The molecule has 1 aromatic carbocycles. The van der Waals surface area contributed by atoms with Crippen molar-refractivity contribution in [2.45, 2.75) is 32.8 Å². The van der Waals surface area contributed by atoms with E-state index in [2.05, 4.69) is 19.2 Å². The van der Waals surface area contributed by atoms with E-state index in [1.165, 1.54) is 0 Å². The fourth-order valence-electron chi connectivity index (χ4n) is 1.99. The molecule has 1 atom stereocenters. The summed E-state index contributed by atoms with van der Waals surface area (Å²) in [7, 11) is 0. The Morgan fingerprint density at radius 2 is 1.95 bits per heavy atom. The molecule has 3 N–H and O–H groups in total. The Kier molecular flexibility index (Phi) is 7.59. The SMILES string of the molecule is CC(C)(CCCO)CNCC(O)COc1ccccc1. The predicted octanol–water partition coefficient (Wildman–Crippen LogP) is 1.81. The minimum atomic E-state index is -0.524. The Bertz CT molecular complexity index is 354. The van der Waals surface area contributed by atoms with E-state index < -0.39 is 6.10 Å². The van der Waals surface area contributed by atoms with Gasteiger partial charge in [-0.3, -0.25) is 0 Å². The van der Waals surface area contributed by atoms with Gasteiger partial charge in [0.15, 0.2) is 0 Å². The quantitative estimate of drug-likeness (QED) is 0.612. The molecule has 20 heavy (non-hydrogen) atoms. The Morgan fingerprint density at radius 3 is 2.60 bits per heavy atom. The van der Waals surface area contributed by atoms with Crippen LogP contribution >= 0.6 is 0 Å². The van der Waals surface area contributed by atoms with Crippen LogP contribution in [-0.4, -0.2) is 42.6 Å². The van der Waals surface area contributed by atoms with E-state index in [9.17, 15) is 5.11 Å². The van der Waals surface area contributed by atoms with E-state index in [1.54, 1.807) is 0 Å². The van der Waals surface area contributed by atoms with Gasteiger partial charge in [0.25, 0.3) is 0 Å². The molecule has 1 aromatic rings. The average Bonchev–Trinajstić information content (AvgIpc) is 2.44. The van der Waals surface area contributed by atoms with E-state index >= 15 is 0 Å². The number of ether oxygens (including phenoxy) is 1. The summed E-state index contributed by atoms with van der Waals surface area (Å²) in [4.78, 5) is 0. The van der Waals surface area contributed by atoms with Crippen LogP contribution in [0.1, 0.15) is 26.7 Å². The highest BCUT2D eigenvalue weighted by Crippen LogP contribution is 2.20. The summed E-state index contributed by atoms with van der Waals surface area (Å²) in [5.41, 5.74) is 0.128. The molecule has 0 aromatic heterocycles. The zero-order chi connectivity index (χ0) is 14.8. The summed E-state index contributed by atoms with van der Waals surface area (Å²) in [5.74, 6) is 0.773. The maximum absolute atomic E-state index is 9.86. The Labute approximate surface area is 121 Å². The lowest BCUT2D eigenvalue weighted by Crippen LogP contribution is -2.37. The first-order valence-electron chi connectivity index (χ1n) is 7.21. The molecule has 0 spiro atoms. The molecule has 0 aliphatic heterocycles. The summed E-state index contributed by atoms with van der Waals surface area (Å²) in [6.45, 7) is 6.15. The molecular weight excluding hydrogens is 254 g/mol. The van der Waals surface area contributed by atoms with Gasteiger partial charge >= 0.3 is 0 Å². The van der Waals surface area contributed by atoms with Gasteiger partial charge in [-0.2, -0.15) is 0 Å². The lowest BCUT2D eigenvalue weighted by Gasteiger charge is -2.25. The second kappa shape index (κ2) is 8.95. The average molecular weight is 281 g/mol. The van der Waals surface area contributed by atoms with Gasteiger partial charge in [0, 0.05) is 19.7 Å². The number of aliphatic hydroxyl groups excluding tert-OH is 2. The van der Waals surface area contributed by atoms with Crippen LogP contribution in [0.2, 0.25) is 0 Å². The third kappa shape index (κ3) is 7.48. The van der Waals surface area contributed by atoms with Crippen LogP contribution in [0.3, 0.4) is 0 Å². The Morgan fingerprint density at radius 1 is 1.25 bits per heavy atom. The normalized spacial score (nSPS) is 13.2. The standard InChI is InChI=1S/C16H27NO3/c1-16(2,9-6-10-18)13-17-11-14(19)12-20-15-7-4-3-5-8-15/h3-5,7-8,14,17-19H,6,9-13H2,1-2H3. The van der Waals surface area contributed by atoms with Crippen molar-refractivity contribution in [2.75, 3.05) is 26.3 Å². The van der Waals surface area contributed by atoms with Gasteiger partial charge in [0.1, 0.15) is 18.5 Å². The lowest BCUT2D eigenvalue weighted by molar-refractivity contribution is 0.103. The van der Waals surface area contributed by atoms with Crippen molar-refractivity contribution >= 4 is 0 Å². The fourth-order valence-corrected chi connectivity index (χ4v) is 1.99. The minimum Gasteiger partial charge on any atom is -0.491 e. The number of nitrogens with one attached hydrogen (secondary N) is 1. The topological polar surface area (TPSA) is 61.7 Å². The van der Waals surface area contributed by atoms with Gasteiger partial charge in [-0.15, -0.1) is 0 Å². The van der Waals surface area contributed by atoms with Crippen molar-refractivity contribution in [1.82, 2.24) is 5.32 Å². The number of benzene rings is 1. The number of para-hydroxylation sites is 1. The molecule has 0 aliphatic rings. The molecule has 0 heterocycles. The fraction of sp³-hybridized carbons (Fsp3) is 0.625. The van der Waals surface area contributed by atoms with Gasteiger partial charge in [0.2, 0.25) is 0 Å². The maximum Gasteiger partial charge on any atom is 0.119 e. The predicted molar refractivity (Wildman–Crippen MR) is 80.9 cm³/mol. The van der Waals surface area contributed by atoms with E-state index in [1.807, 2.05) is 30.3 Å². The molecular formula is C16H27NO3. The molecule has 4 nitrogen and oxygen atoms in total. The van der Waals surface area contributed by atoms with Gasteiger partial charge in [-0.1, -0.05) is 32.0 Å². The molecule has 0 bridgehead atoms. The van der Waals surface area contributed by atoms with Gasteiger partial charge in [-0.05, 0) is 30.4 Å². The van der Waals surface area contributed by atoms with Gasteiger partial charge in [0.05, 0.1) is 0 Å². The minimum absolute atomic E-state index is 0.128.